The molecule has 0 spiro atoms. The lowest BCUT2D eigenvalue weighted by molar-refractivity contribution is -0.383. The van der Waals surface area contributed by atoms with Gasteiger partial charge in [0.15, 0.2) is 0 Å². The summed E-state index contributed by atoms with van der Waals surface area (Å²) in [4.78, 5) is 11.1. The lowest BCUT2D eigenvalue weighted by atomic mass is 10.0. The molecule has 0 saturated heterocycles. The molecule has 0 atom stereocenters. The quantitative estimate of drug-likeness (QED) is 0.280. The van der Waals surface area contributed by atoms with Crippen molar-refractivity contribution in [3.05, 3.63) is 81.4 Å². The average Bonchev–Trinajstić information content (AvgIpc) is 3.00. The normalized spacial score (nSPS) is 12.5. The van der Waals surface area contributed by atoms with E-state index in [2.05, 4.69) is 5.32 Å². The minimum Gasteiger partial charge on any atom is -0.508 e. The molecule has 0 bridgehead atoms. The molecule has 0 amide bonds. The highest BCUT2D eigenvalue weighted by Gasteiger charge is 2.25. The molecule has 8 nitrogen and oxygen atoms in total. The summed E-state index contributed by atoms with van der Waals surface area (Å²) in [5, 5.41) is 45.2. The second-order valence-electron chi connectivity index (χ2n) is 7.12. The second kappa shape index (κ2) is 7.82. The fourth-order valence-electron chi connectivity index (χ4n) is 3.68. The maximum absolute atomic E-state index is 11.6. The number of benzene rings is 2. The number of allylic oxidation sites excluding steroid dienone is 2. The third-order valence-corrected chi connectivity index (χ3v) is 5.24. The van der Waals surface area contributed by atoms with E-state index in [1.165, 1.54) is 10.6 Å². The van der Waals surface area contributed by atoms with Crippen molar-refractivity contribution in [2.75, 3.05) is 11.9 Å². The van der Waals surface area contributed by atoms with E-state index >= 15 is 0 Å². The number of anilines is 1. The summed E-state index contributed by atoms with van der Waals surface area (Å²) < 4.78 is 1.24. The molecular weight excluding hydrogens is 386 g/mol. The Morgan fingerprint density at radius 2 is 1.60 bits per heavy atom. The van der Waals surface area contributed by atoms with Crippen molar-refractivity contribution in [1.29, 1.82) is 0 Å². The van der Waals surface area contributed by atoms with Gasteiger partial charge in [-0.25, -0.2) is 0 Å². The first kappa shape index (κ1) is 19.4. The van der Waals surface area contributed by atoms with Crippen LogP contribution in [0.4, 0.5) is 11.4 Å². The average molecular weight is 407 g/mol. The second-order valence-corrected chi connectivity index (χ2v) is 7.12. The van der Waals surface area contributed by atoms with Crippen molar-refractivity contribution in [3.63, 3.8) is 0 Å². The van der Waals surface area contributed by atoms with Crippen molar-refractivity contribution >= 4 is 11.4 Å². The highest BCUT2D eigenvalue weighted by Crippen LogP contribution is 2.40. The third-order valence-electron chi connectivity index (χ3n) is 5.24. The van der Waals surface area contributed by atoms with Crippen LogP contribution in [0.15, 0.2) is 54.6 Å². The Morgan fingerprint density at radius 1 is 0.967 bits per heavy atom. The monoisotopic (exact) mass is 407 g/mol. The molecule has 154 valence electrons. The van der Waals surface area contributed by atoms with Gasteiger partial charge in [-0.05, 0) is 49.1 Å². The minimum absolute atomic E-state index is 0.103. The lowest BCUT2D eigenvalue weighted by Crippen LogP contribution is -2.07. The highest BCUT2D eigenvalue weighted by atomic mass is 16.6. The van der Waals surface area contributed by atoms with E-state index in [1.54, 1.807) is 36.4 Å². The van der Waals surface area contributed by atoms with Gasteiger partial charge in [0.1, 0.15) is 11.4 Å². The Kier molecular flexibility index (Phi) is 5.05. The first-order valence-electron chi connectivity index (χ1n) is 9.55. The SMILES string of the molecule is O=[N+]([O-])c1cc(-n2c(O)c3c(c2O)CC=CC3)ccc1NCCc1ccc(O)cc1. The summed E-state index contributed by atoms with van der Waals surface area (Å²) in [5.41, 5.74) is 2.76. The number of rotatable bonds is 6. The number of fused-ring (bicyclic) bond motifs is 1. The largest absolute Gasteiger partial charge is 0.508 e. The fraction of sp³-hybridized carbons (Fsp3) is 0.182. The van der Waals surface area contributed by atoms with Crippen LogP contribution in [0.5, 0.6) is 17.5 Å². The zero-order valence-corrected chi connectivity index (χ0v) is 16.1. The van der Waals surface area contributed by atoms with Gasteiger partial charge >= 0.3 is 0 Å². The van der Waals surface area contributed by atoms with Crippen molar-refractivity contribution in [3.8, 4) is 23.2 Å². The van der Waals surface area contributed by atoms with Gasteiger partial charge in [0.05, 0.1) is 10.6 Å². The van der Waals surface area contributed by atoms with E-state index in [9.17, 15) is 25.4 Å². The number of nitro benzene ring substituents is 1. The Morgan fingerprint density at radius 3 is 2.20 bits per heavy atom. The van der Waals surface area contributed by atoms with Crippen LogP contribution in [-0.2, 0) is 19.3 Å². The predicted octanol–water partition coefficient (Wildman–Crippen LogP) is 3.81. The van der Waals surface area contributed by atoms with Gasteiger partial charge in [0, 0.05) is 23.7 Å². The molecule has 1 aliphatic carbocycles. The molecule has 2 aromatic carbocycles. The molecule has 0 unspecified atom stereocenters. The van der Waals surface area contributed by atoms with Crippen LogP contribution in [0.1, 0.15) is 16.7 Å². The number of aromatic hydroxyl groups is 3. The van der Waals surface area contributed by atoms with Crippen LogP contribution < -0.4 is 5.32 Å². The van der Waals surface area contributed by atoms with Crippen molar-refractivity contribution < 1.29 is 20.2 Å². The Bertz CT molecular complexity index is 1100. The van der Waals surface area contributed by atoms with Crippen molar-refractivity contribution in [2.24, 2.45) is 0 Å². The van der Waals surface area contributed by atoms with Crippen LogP contribution in [0.25, 0.3) is 5.69 Å². The number of hydrogen-bond donors (Lipinski definition) is 4. The lowest BCUT2D eigenvalue weighted by Gasteiger charge is -2.11. The number of hydrogen-bond acceptors (Lipinski definition) is 6. The number of phenolic OH excluding ortho intramolecular Hbond substituents is 1. The summed E-state index contributed by atoms with van der Waals surface area (Å²) in [7, 11) is 0. The standard InChI is InChI=1S/C22H21N3O5/c26-16-8-5-14(6-9-16)11-12-23-19-10-7-15(13-20(19)25(29)30)24-21(27)17-3-1-2-4-18(17)22(24)28/h1-2,5-10,13,23,26-28H,3-4,11-12H2. The molecule has 4 N–H and O–H groups in total. The van der Waals surface area contributed by atoms with Crippen LogP contribution in [-0.4, -0.2) is 31.4 Å². The Hall–Kier alpha value is -3.94. The van der Waals surface area contributed by atoms with E-state index in [-0.39, 0.29) is 23.2 Å². The van der Waals surface area contributed by atoms with Gasteiger partial charge in [-0.15, -0.1) is 0 Å². The minimum atomic E-state index is -0.495. The molecule has 3 aromatic rings. The molecule has 4 rings (SSSR count). The first-order chi connectivity index (χ1) is 14.5. The summed E-state index contributed by atoms with van der Waals surface area (Å²) in [6, 6.07) is 11.3. The van der Waals surface area contributed by atoms with E-state index in [0.29, 0.717) is 48.3 Å². The van der Waals surface area contributed by atoms with Gasteiger partial charge in [-0.3, -0.25) is 14.7 Å². The van der Waals surface area contributed by atoms with Crippen LogP contribution in [0.2, 0.25) is 0 Å². The zero-order chi connectivity index (χ0) is 21.3. The molecule has 0 fully saturated rings. The van der Waals surface area contributed by atoms with E-state index in [0.717, 1.165) is 5.56 Å². The van der Waals surface area contributed by atoms with Crippen molar-refractivity contribution in [1.82, 2.24) is 4.57 Å². The van der Waals surface area contributed by atoms with E-state index in [1.807, 2.05) is 12.2 Å². The summed E-state index contributed by atoms with van der Waals surface area (Å²) in [6.45, 7) is 0.463. The van der Waals surface area contributed by atoms with Crippen LogP contribution in [0.3, 0.4) is 0 Å². The smallest absolute Gasteiger partial charge is 0.294 e. The number of aromatic nitrogens is 1. The van der Waals surface area contributed by atoms with Gasteiger partial charge in [0.2, 0.25) is 11.8 Å². The number of nitro groups is 1. The molecular formula is C22H21N3O5. The number of nitrogens with zero attached hydrogens (tertiary/aromatic N) is 2. The molecule has 0 saturated carbocycles. The van der Waals surface area contributed by atoms with Gasteiger partial charge < -0.3 is 20.6 Å². The van der Waals surface area contributed by atoms with Gasteiger partial charge in [0.25, 0.3) is 5.69 Å². The predicted molar refractivity (Wildman–Crippen MR) is 113 cm³/mol. The molecule has 1 aliphatic rings. The van der Waals surface area contributed by atoms with Crippen LogP contribution in [0, 0.1) is 10.1 Å². The molecule has 1 aromatic heterocycles. The Labute approximate surface area is 172 Å². The first-order valence-corrected chi connectivity index (χ1v) is 9.55. The Balaban J connectivity index is 1.59. The third kappa shape index (κ3) is 3.55. The van der Waals surface area contributed by atoms with Gasteiger partial charge in [-0.2, -0.15) is 0 Å². The number of phenols is 1. The molecule has 8 heteroatoms. The molecule has 30 heavy (non-hydrogen) atoms. The van der Waals surface area contributed by atoms with Crippen molar-refractivity contribution in [2.45, 2.75) is 19.3 Å². The molecule has 0 aliphatic heterocycles. The summed E-state index contributed by atoms with van der Waals surface area (Å²) in [5.74, 6) is -0.0183. The zero-order valence-electron chi connectivity index (χ0n) is 16.1. The van der Waals surface area contributed by atoms with E-state index < -0.39 is 4.92 Å². The molecule has 0 radical (unpaired) electrons. The van der Waals surface area contributed by atoms with Crippen LogP contribution >= 0.6 is 0 Å². The molecule has 1 heterocycles. The topological polar surface area (TPSA) is 121 Å². The summed E-state index contributed by atoms with van der Waals surface area (Å²) in [6.07, 6.45) is 5.45. The summed E-state index contributed by atoms with van der Waals surface area (Å²) >= 11 is 0. The fourth-order valence-corrected chi connectivity index (χ4v) is 3.68. The maximum Gasteiger partial charge on any atom is 0.294 e. The van der Waals surface area contributed by atoms with E-state index in [4.69, 9.17) is 0 Å². The maximum atomic E-state index is 11.6. The van der Waals surface area contributed by atoms with Gasteiger partial charge in [-0.1, -0.05) is 24.3 Å². The number of nitrogens with one attached hydrogen (secondary N) is 1. The highest BCUT2D eigenvalue weighted by molar-refractivity contribution is 5.67.